The Morgan fingerprint density at radius 1 is 1.17 bits per heavy atom. The van der Waals surface area contributed by atoms with E-state index in [4.69, 9.17) is 13.3 Å². The summed E-state index contributed by atoms with van der Waals surface area (Å²) in [6, 6.07) is 8.24. The van der Waals surface area contributed by atoms with E-state index >= 15 is 0 Å². The van der Waals surface area contributed by atoms with Crippen molar-refractivity contribution in [2.24, 2.45) is 0 Å². The van der Waals surface area contributed by atoms with E-state index in [1.54, 1.807) is 53.3 Å². The topological polar surface area (TPSA) is 40.6 Å². The summed E-state index contributed by atoms with van der Waals surface area (Å²) in [7, 11) is 7.83. The molecule has 1 heterocycles. The number of thiazole rings is 1. The SMILES string of the molecule is CO[Si](OC)(OC)C(C)CCSSSc1nc2ccccc2s1. The molecule has 0 radical (unpaired) electrons. The molecule has 0 fully saturated rings. The Balaban J connectivity index is 1.73. The number of nitrogens with zero attached hydrogens (tertiary/aromatic N) is 1. The highest BCUT2D eigenvalue weighted by molar-refractivity contribution is 9.09. The summed E-state index contributed by atoms with van der Waals surface area (Å²) in [5, 5.41) is 0. The van der Waals surface area contributed by atoms with Gasteiger partial charge in [-0.3, -0.25) is 0 Å². The normalized spacial score (nSPS) is 13.6. The highest BCUT2D eigenvalue weighted by Gasteiger charge is 2.44. The van der Waals surface area contributed by atoms with Crippen molar-refractivity contribution >= 4 is 61.8 Å². The van der Waals surface area contributed by atoms with Crippen molar-refractivity contribution < 1.29 is 13.3 Å². The lowest BCUT2D eigenvalue weighted by atomic mass is 10.3. The van der Waals surface area contributed by atoms with E-state index in [2.05, 4.69) is 30.1 Å². The molecule has 128 valence electrons. The Bertz CT molecular complexity index is 567. The molecule has 0 saturated heterocycles. The van der Waals surface area contributed by atoms with Gasteiger partial charge in [0.25, 0.3) is 0 Å². The molecule has 2 aromatic rings. The van der Waals surface area contributed by atoms with E-state index in [1.807, 2.05) is 16.9 Å². The highest BCUT2D eigenvalue weighted by atomic mass is 33.5. The number of para-hydroxylation sites is 1. The maximum absolute atomic E-state index is 5.52. The zero-order valence-electron chi connectivity index (χ0n) is 13.6. The van der Waals surface area contributed by atoms with Gasteiger partial charge in [0.15, 0.2) is 4.34 Å². The van der Waals surface area contributed by atoms with E-state index in [0.29, 0.717) is 0 Å². The van der Waals surface area contributed by atoms with Crippen molar-refractivity contribution in [1.82, 2.24) is 4.98 Å². The fourth-order valence-electron chi connectivity index (χ4n) is 2.23. The van der Waals surface area contributed by atoms with Gasteiger partial charge in [-0.25, -0.2) is 4.98 Å². The van der Waals surface area contributed by atoms with Crippen LogP contribution in [0.4, 0.5) is 0 Å². The molecular weight excluding hydrogens is 387 g/mol. The lowest BCUT2D eigenvalue weighted by Crippen LogP contribution is -2.46. The summed E-state index contributed by atoms with van der Waals surface area (Å²) in [5.41, 5.74) is 1.36. The van der Waals surface area contributed by atoms with Crippen LogP contribution in [0.15, 0.2) is 28.6 Å². The highest BCUT2D eigenvalue weighted by Crippen LogP contribution is 2.44. The molecule has 0 aliphatic heterocycles. The Morgan fingerprint density at radius 2 is 1.87 bits per heavy atom. The number of hydrogen-bond acceptors (Lipinski definition) is 8. The fraction of sp³-hybridized carbons (Fsp3) is 0.500. The van der Waals surface area contributed by atoms with Crippen LogP contribution in [0.3, 0.4) is 0 Å². The number of aromatic nitrogens is 1. The van der Waals surface area contributed by atoms with Crippen molar-refractivity contribution in [2.75, 3.05) is 27.1 Å². The summed E-state index contributed by atoms with van der Waals surface area (Å²) >= 11 is 1.74. The summed E-state index contributed by atoms with van der Waals surface area (Å²) in [6.45, 7) is 2.13. The smallest absolute Gasteiger partial charge is 0.377 e. The molecule has 0 aliphatic rings. The van der Waals surface area contributed by atoms with Gasteiger partial charge in [0.2, 0.25) is 0 Å². The summed E-state index contributed by atoms with van der Waals surface area (Å²) in [6.07, 6.45) is 1.000. The van der Waals surface area contributed by atoms with E-state index in [1.165, 1.54) is 4.70 Å². The standard InChI is InChI=1S/C14H21NO3S4Si/c1-11(23(16-2,17-3)18-4)9-10-19-22-21-14-15-12-7-5-6-8-13(12)20-14/h5-8,11H,9-10H2,1-4H3. The van der Waals surface area contributed by atoms with Gasteiger partial charge >= 0.3 is 8.80 Å². The van der Waals surface area contributed by atoms with Crippen LogP contribution in [0.25, 0.3) is 10.2 Å². The molecule has 0 spiro atoms. The zero-order valence-corrected chi connectivity index (χ0v) is 17.9. The van der Waals surface area contributed by atoms with E-state index in [0.717, 1.165) is 22.0 Å². The van der Waals surface area contributed by atoms with Crippen molar-refractivity contribution in [1.29, 1.82) is 0 Å². The van der Waals surface area contributed by atoms with E-state index in [9.17, 15) is 0 Å². The predicted molar refractivity (Wildman–Crippen MR) is 106 cm³/mol. The molecule has 1 aromatic heterocycles. The molecule has 9 heteroatoms. The van der Waals surface area contributed by atoms with Crippen LogP contribution in [-0.4, -0.2) is 40.9 Å². The van der Waals surface area contributed by atoms with Crippen molar-refractivity contribution in [3.05, 3.63) is 24.3 Å². The van der Waals surface area contributed by atoms with Crippen LogP contribution in [0.2, 0.25) is 5.54 Å². The van der Waals surface area contributed by atoms with Gasteiger partial charge in [0.05, 0.1) is 10.2 Å². The van der Waals surface area contributed by atoms with Gasteiger partial charge in [-0.15, -0.1) is 11.3 Å². The van der Waals surface area contributed by atoms with Crippen LogP contribution in [0, 0.1) is 0 Å². The monoisotopic (exact) mass is 407 g/mol. The first-order valence-corrected chi connectivity index (χ1v) is 13.4. The van der Waals surface area contributed by atoms with Gasteiger partial charge in [-0.1, -0.05) is 29.9 Å². The Morgan fingerprint density at radius 3 is 2.52 bits per heavy atom. The van der Waals surface area contributed by atoms with Crippen molar-refractivity contribution in [3.63, 3.8) is 0 Å². The van der Waals surface area contributed by atoms with E-state index in [-0.39, 0.29) is 5.54 Å². The third-order valence-corrected chi connectivity index (χ3v) is 12.1. The Hall–Kier alpha value is 0.257. The second kappa shape index (κ2) is 9.67. The number of rotatable bonds is 10. The minimum Gasteiger partial charge on any atom is -0.377 e. The molecular formula is C14H21NO3S4Si. The van der Waals surface area contributed by atoms with Crippen LogP contribution < -0.4 is 0 Å². The summed E-state index contributed by atoms with van der Waals surface area (Å²) in [5.74, 6) is 1.02. The molecule has 23 heavy (non-hydrogen) atoms. The average Bonchev–Trinajstić information content (AvgIpc) is 2.99. The predicted octanol–water partition coefficient (Wildman–Crippen LogP) is 5.34. The molecule has 0 aliphatic carbocycles. The second-order valence-electron chi connectivity index (χ2n) is 4.83. The molecule has 1 aromatic carbocycles. The van der Waals surface area contributed by atoms with Gasteiger partial charge in [-0.2, -0.15) is 0 Å². The van der Waals surface area contributed by atoms with Gasteiger partial charge < -0.3 is 13.3 Å². The van der Waals surface area contributed by atoms with Gasteiger partial charge in [0, 0.05) is 32.6 Å². The maximum Gasteiger partial charge on any atom is 0.503 e. The van der Waals surface area contributed by atoms with E-state index < -0.39 is 8.80 Å². The van der Waals surface area contributed by atoms with Crippen molar-refractivity contribution in [2.45, 2.75) is 23.2 Å². The average molecular weight is 408 g/mol. The molecule has 0 bridgehead atoms. The van der Waals surface area contributed by atoms with Gasteiger partial charge in [0.1, 0.15) is 0 Å². The number of fused-ring (bicyclic) bond motifs is 1. The fourth-order valence-corrected chi connectivity index (χ4v) is 10.1. The van der Waals surface area contributed by atoms with Crippen LogP contribution in [0.1, 0.15) is 13.3 Å². The van der Waals surface area contributed by atoms with Crippen LogP contribution in [-0.2, 0) is 13.3 Å². The minimum absolute atomic E-state index is 0.281. The molecule has 1 unspecified atom stereocenters. The summed E-state index contributed by atoms with van der Waals surface area (Å²) in [4.78, 5) is 4.62. The molecule has 4 nitrogen and oxygen atoms in total. The maximum atomic E-state index is 5.52. The first-order chi connectivity index (χ1) is 11.1. The lowest BCUT2D eigenvalue weighted by molar-refractivity contribution is 0.112. The number of hydrogen-bond donors (Lipinski definition) is 0. The third kappa shape index (κ3) is 5.11. The first kappa shape index (κ1) is 19.6. The minimum atomic E-state index is -2.51. The molecule has 1 atom stereocenters. The quantitative estimate of drug-likeness (QED) is 0.299. The third-order valence-electron chi connectivity index (χ3n) is 3.52. The largest absolute Gasteiger partial charge is 0.503 e. The number of benzene rings is 1. The van der Waals surface area contributed by atoms with Gasteiger partial charge in [-0.05, 0) is 39.2 Å². The molecule has 0 amide bonds. The Labute approximate surface area is 154 Å². The molecule has 2 rings (SSSR count). The summed E-state index contributed by atoms with van der Waals surface area (Å²) < 4.78 is 18.9. The lowest BCUT2D eigenvalue weighted by Gasteiger charge is -2.29. The molecule has 0 N–H and O–H groups in total. The zero-order chi connectivity index (χ0) is 16.7. The second-order valence-corrected chi connectivity index (χ2v) is 13.7. The van der Waals surface area contributed by atoms with Crippen LogP contribution >= 0.6 is 42.8 Å². The van der Waals surface area contributed by atoms with Crippen molar-refractivity contribution in [3.8, 4) is 0 Å². The molecule has 0 saturated carbocycles. The Kier molecular flexibility index (Phi) is 8.23. The van der Waals surface area contributed by atoms with Crippen LogP contribution in [0.5, 0.6) is 0 Å². The first-order valence-electron chi connectivity index (χ1n) is 7.12.